The molecule has 1 fully saturated rings. The van der Waals surface area contributed by atoms with Gasteiger partial charge in [-0.1, -0.05) is 0 Å². The Balaban J connectivity index is 1.84. The fourth-order valence-electron chi connectivity index (χ4n) is 2.58. The zero-order valence-corrected chi connectivity index (χ0v) is 12.5. The van der Waals surface area contributed by atoms with Crippen molar-refractivity contribution >= 4 is 11.9 Å². The molecule has 1 aliphatic carbocycles. The van der Waals surface area contributed by atoms with E-state index < -0.39 is 29.2 Å². The number of halogens is 4. The topological polar surface area (TPSA) is 42.2 Å². The standard InChI is InChI=1S/C15H14F4N4/c1-7-5-9(8(2)23(7)10-3-4-10)6-20-22-13-11(16)14(18)21-15(19)12(13)17/h5-6,10H,3-4H2,1-2H3,(H,21,22)/b20-6+. The molecule has 0 unspecified atom stereocenters. The number of pyridine rings is 1. The van der Waals surface area contributed by atoms with E-state index in [2.05, 4.69) is 14.7 Å². The highest BCUT2D eigenvalue weighted by molar-refractivity contribution is 5.82. The van der Waals surface area contributed by atoms with E-state index in [1.54, 1.807) is 0 Å². The summed E-state index contributed by atoms with van der Waals surface area (Å²) in [6, 6.07) is 2.38. The summed E-state index contributed by atoms with van der Waals surface area (Å²) < 4.78 is 55.1. The Kier molecular flexibility index (Phi) is 3.83. The average Bonchev–Trinajstić information content (AvgIpc) is 3.28. The second-order valence-corrected chi connectivity index (χ2v) is 5.49. The zero-order chi connectivity index (χ0) is 16.7. The summed E-state index contributed by atoms with van der Waals surface area (Å²) in [5.74, 6) is -6.70. The number of anilines is 1. The minimum absolute atomic E-state index is 0.489. The lowest BCUT2D eigenvalue weighted by Gasteiger charge is -2.06. The number of hydrogen-bond donors (Lipinski definition) is 1. The van der Waals surface area contributed by atoms with E-state index in [0.717, 1.165) is 29.8 Å². The molecule has 0 aromatic carbocycles. The maximum atomic E-state index is 13.4. The first kappa shape index (κ1) is 15.5. The van der Waals surface area contributed by atoms with Crippen LogP contribution in [0.5, 0.6) is 0 Å². The molecule has 2 aromatic heterocycles. The Morgan fingerprint density at radius 3 is 2.35 bits per heavy atom. The number of aromatic nitrogens is 2. The molecule has 4 nitrogen and oxygen atoms in total. The number of nitrogens with one attached hydrogen (secondary N) is 1. The molecule has 0 saturated heterocycles. The van der Waals surface area contributed by atoms with Crippen molar-refractivity contribution in [3.63, 3.8) is 0 Å². The van der Waals surface area contributed by atoms with Gasteiger partial charge in [-0.2, -0.15) is 27.6 Å². The lowest BCUT2D eigenvalue weighted by molar-refractivity contribution is 0.411. The van der Waals surface area contributed by atoms with Gasteiger partial charge in [0.2, 0.25) is 11.6 Å². The van der Waals surface area contributed by atoms with Crippen molar-refractivity contribution < 1.29 is 17.6 Å². The summed E-state index contributed by atoms with van der Waals surface area (Å²) in [7, 11) is 0. The van der Waals surface area contributed by atoms with Crippen molar-refractivity contribution in [1.29, 1.82) is 0 Å². The van der Waals surface area contributed by atoms with E-state index in [9.17, 15) is 17.6 Å². The van der Waals surface area contributed by atoms with Crippen molar-refractivity contribution in [3.8, 4) is 0 Å². The van der Waals surface area contributed by atoms with Gasteiger partial charge in [-0.15, -0.1) is 0 Å². The Hall–Kier alpha value is -2.38. The van der Waals surface area contributed by atoms with Crippen LogP contribution in [0.25, 0.3) is 0 Å². The SMILES string of the molecule is Cc1cc(/C=N/Nc2c(F)c(F)nc(F)c2F)c(C)n1C1CC1. The van der Waals surface area contributed by atoms with E-state index in [4.69, 9.17) is 0 Å². The lowest BCUT2D eigenvalue weighted by atomic mass is 10.3. The zero-order valence-electron chi connectivity index (χ0n) is 12.5. The van der Waals surface area contributed by atoms with Crippen LogP contribution in [0.4, 0.5) is 23.2 Å². The molecular weight excluding hydrogens is 312 g/mol. The van der Waals surface area contributed by atoms with Crippen LogP contribution < -0.4 is 5.43 Å². The molecule has 122 valence electrons. The highest BCUT2D eigenvalue weighted by atomic mass is 19.2. The van der Waals surface area contributed by atoms with Gasteiger partial charge >= 0.3 is 0 Å². The molecule has 2 heterocycles. The second-order valence-electron chi connectivity index (χ2n) is 5.49. The van der Waals surface area contributed by atoms with Gasteiger partial charge in [-0.3, -0.25) is 5.43 Å². The van der Waals surface area contributed by atoms with Gasteiger partial charge in [0.05, 0.1) is 6.21 Å². The number of aryl methyl sites for hydroxylation is 1. The van der Waals surface area contributed by atoms with Crippen LogP contribution >= 0.6 is 0 Å². The Labute approximate surface area is 129 Å². The maximum absolute atomic E-state index is 13.4. The highest BCUT2D eigenvalue weighted by Gasteiger charge is 2.26. The summed E-state index contributed by atoms with van der Waals surface area (Å²) in [6.07, 6.45) is 3.60. The molecule has 0 radical (unpaired) electrons. The van der Waals surface area contributed by atoms with Crippen molar-refractivity contribution in [2.24, 2.45) is 5.10 Å². The van der Waals surface area contributed by atoms with Gasteiger partial charge < -0.3 is 4.57 Å². The Morgan fingerprint density at radius 1 is 1.17 bits per heavy atom. The molecule has 8 heteroatoms. The molecule has 3 rings (SSSR count). The molecule has 0 atom stereocenters. The van der Waals surface area contributed by atoms with Crippen LogP contribution in [-0.2, 0) is 0 Å². The van der Waals surface area contributed by atoms with Gasteiger partial charge in [-0.05, 0) is 32.8 Å². The first-order valence-corrected chi connectivity index (χ1v) is 7.07. The minimum Gasteiger partial charge on any atom is -0.345 e. The van der Waals surface area contributed by atoms with Crippen LogP contribution in [0, 0.1) is 37.4 Å². The first-order chi connectivity index (χ1) is 10.9. The van der Waals surface area contributed by atoms with Crippen LogP contribution in [-0.4, -0.2) is 15.8 Å². The van der Waals surface area contributed by atoms with E-state index in [1.165, 1.54) is 6.21 Å². The smallest absolute Gasteiger partial charge is 0.254 e. The maximum Gasteiger partial charge on any atom is 0.254 e. The van der Waals surface area contributed by atoms with Gasteiger partial charge in [0.15, 0.2) is 0 Å². The quantitative estimate of drug-likeness (QED) is 0.401. The molecule has 0 spiro atoms. The van der Waals surface area contributed by atoms with E-state index in [0.29, 0.717) is 6.04 Å². The number of nitrogens with zero attached hydrogens (tertiary/aromatic N) is 3. The summed E-state index contributed by atoms with van der Waals surface area (Å²) in [6.45, 7) is 3.88. The van der Waals surface area contributed by atoms with Crippen molar-refractivity contribution in [3.05, 3.63) is 46.5 Å². The van der Waals surface area contributed by atoms with Crippen molar-refractivity contribution in [2.45, 2.75) is 32.7 Å². The summed E-state index contributed by atoms with van der Waals surface area (Å²) in [5, 5.41) is 3.68. The third-order valence-electron chi connectivity index (χ3n) is 3.81. The molecule has 0 aliphatic heterocycles. The molecular formula is C15H14F4N4. The predicted octanol–water partition coefficient (Wildman–Crippen LogP) is 3.84. The summed E-state index contributed by atoms with van der Waals surface area (Å²) in [5.41, 5.74) is 3.79. The van der Waals surface area contributed by atoms with E-state index >= 15 is 0 Å². The number of hydrogen-bond acceptors (Lipinski definition) is 3. The van der Waals surface area contributed by atoms with Crippen molar-refractivity contribution in [1.82, 2.24) is 9.55 Å². The summed E-state index contributed by atoms with van der Waals surface area (Å²) >= 11 is 0. The molecule has 0 bridgehead atoms. The van der Waals surface area contributed by atoms with Crippen molar-refractivity contribution in [2.75, 3.05) is 5.43 Å². The number of rotatable bonds is 4. The molecule has 23 heavy (non-hydrogen) atoms. The number of hydrazone groups is 1. The normalized spacial score (nSPS) is 14.7. The van der Waals surface area contributed by atoms with Crippen LogP contribution in [0.3, 0.4) is 0 Å². The largest absolute Gasteiger partial charge is 0.345 e. The molecule has 1 N–H and O–H groups in total. The van der Waals surface area contributed by atoms with Crippen LogP contribution in [0.1, 0.15) is 35.8 Å². The second kappa shape index (κ2) is 5.68. The predicted molar refractivity (Wildman–Crippen MR) is 77.5 cm³/mol. The molecule has 0 amide bonds. The van der Waals surface area contributed by atoms with Gasteiger partial charge in [0.25, 0.3) is 11.9 Å². The van der Waals surface area contributed by atoms with Gasteiger partial charge in [-0.25, -0.2) is 0 Å². The molecule has 2 aromatic rings. The van der Waals surface area contributed by atoms with Gasteiger partial charge in [0.1, 0.15) is 5.69 Å². The third kappa shape index (κ3) is 2.80. The Bertz CT molecular complexity index is 767. The minimum atomic E-state index is -1.73. The fourth-order valence-corrected chi connectivity index (χ4v) is 2.58. The van der Waals surface area contributed by atoms with Crippen LogP contribution in [0.15, 0.2) is 11.2 Å². The van der Waals surface area contributed by atoms with Crippen LogP contribution in [0.2, 0.25) is 0 Å². The average molecular weight is 326 g/mol. The Morgan fingerprint density at radius 2 is 1.78 bits per heavy atom. The van der Waals surface area contributed by atoms with E-state index in [-0.39, 0.29) is 0 Å². The first-order valence-electron chi connectivity index (χ1n) is 7.07. The monoisotopic (exact) mass is 326 g/mol. The van der Waals surface area contributed by atoms with Gasteiger partial charge in [0, 0.05) is 23.0 Å². The molecule has 1 aliphatic rings. The third-order valence-corrected chi connectivity index (χ3v) is 3.81. The highest BCUT2D eigenvalue weighted by Crippen LogP contribution is 2.38. The molecule has 1 saturated carbocycles. The van der Waals surface area contributed by atoms with E-state index in [1.807, 2.05) is 25.3 Å². The summed E-state index contributed by atoms with van der Waals surface area (Å²) in [4.78, 5) is 2.48. The fraction of sp³-hybridized carbons (Fsp3) is 0.333. The lowest BCUT2D eigenvalue weighted by Crippen LogP contribution is -2.06.